The maximum atomic E-state index is 3.57. The maximum Gasteiger partial charge on any atom is -0.00431 e. The first-order chi connectivity index (χ1) is 4.30. The van der Waals surface area contributed by atoms with E-state index in [4.69, 9.17) is 0 Å². The lowest BCUT2D eigenvalue weighted by Crippen LogP contribution is -2.30. The second-order valence-electron chi connectivity index (χ2n) is 2.71. The van der Waals surface area contributed by atoms with E-state index >= 15 is 0 Å². The first kappa shape index (κ1) is 7.24. The van der Waals surface area contributed by atoms with Crippen molar-refractivity contribution < 1.29 is 0 Å². The van der Waals surface area contributed by atoms with Crippen molar-refractivity contribution in [3.8, 4) is 0 Å². The van der Waals surface area contributed by atoms with Gasteiger partial charge in [0.1, 0.15) is 0 Å². The standard InChI is InChI=1S/C7H14NP/c1-6(9)7-2-4-8-5-3-7/h7-9H,2-5H2,1H3. The van der Waals surface area contributed by atoms with Crippen LogP contribution in [0.4, 0.5) is 0 Å². The van der Waals surface area contributed by atoms with Gasteiger partial charge in [-0.2, -0.15) is 0 Å². The van der Waals surface area contributed by atoms with Crippen LogP contribution in [0, 0.1) is 5.92 Å². The smallest absolute Gasteiger partial charge is 0.00431 e. The van der Waals surface area contributed by atoms with Crippen LogP contribution in [0.1, 0.15) is 19.8 Å². The Balaban J connectivity index is 2.31. The molecule has 0 radical (unpaired) electrons. The second kappa shape index (κ2) is 3.34. The number of piperidine rings is 1. The normalized spacial score (nSPS) is 21.9. The van der Waals surface area contributed by atoms with E-state index in [9.17, 15) is 0 Å². The van der Waals surface area contributed by atoms with Crippen LogP contribution in [0.25, 0.3) is 0 Å². The quantitative estimate of drug-likeness (QED) is 0.546. The van der Waals surface area contributed by atoms with Gasteiger partial charge in [-0.15, -0.1) is 8.86 Å². The van der Waals surface area contributed by atoms with Crippen molar-refractivity contribution in [2.75, 3.05) is 13.1 Å². The molecule has 0 aromatic heterocycles. The average Bonchev–Trinajstić information content (AvgIpc) is 1.90. The van der Waals surface area contributed by atoms with Gasteiger partial charge in [-0.1, -0.05) is 5.29 Å². The Morgan fingerprint density at radius 1 is 1.44 bits per heavy atom. The van der Waals surface area contributed by atoms with E-state index < -0.39 is 0 Å². The Morgan fingerprint density at radius 2 is 2.00 bits per heavy atom. The molecule has 0 aromatic carbocycles. The third kappa shape index (κ3) is 2.08. The summed E-state index contributed by atoms with van der Waals surface area (Å²) in [6.45, 7) is 4.53. The molecule has 1 aliphatic rings. The minimum absolute atomic E-state index is 0.822. The molecule has 1 aliphatic heterocycles. The molecule has 0 spiro atoms. The predicted octanol–water partition coefficient (Wildman–Crippen LogP) is 1.32. The highest BCUT2D eigenvalue weighted by Crippen LogP contribution is 2.13. The molecule has 52 valence electrons. The van der Waals surface area contributed by atoms with Crippen molar-refractivity contribution in [2.45, 2.75) is 19.8 Å². The van der Waals surface area contributed by atoms with Gasteiger partial charge in [0.25, 0.3) is 0 Å². The van der Waals surface area contributed by atoms with Crippen LogP contribution in [0.3, 0.4) is 0 Å². The lowest BCUT2D eigenvalue weighted by Gasteiger charge is -2.21. The van der Waals surface area contributed by atoms with Crippen LogP contribution in [-0.4, -0.2) is 18.4 Å². The summed E-state index contributed by atoms with van der Waals surface area (Å²) in [5.41, 5.74) is 0. The molecule has 1 rings (SSSR count). The zero-order valence-corrected chi connectivity index (χ0v) is 6.91. The Hall–Kier alpha value is 0.130. The molecule has 0 amide bonds. The monoisotopic (exact) mass is 143 g/mol. The summed E-state index contributed by atoms with van der Waals surface area (Å²) in [6.07, 6.45) is 2.60. The Labute approximate surface area is 59.1 Å². The van der Waals surface area contributed by atoms with E-state index in [2.05, 4.69) is 21.1 Å². The molecule has 1 N–H and O–H groups in total. The number of hydrogen-bond acceptors (Lipinski definition) is 1. The molecule has 1 saturated heterocycles. The summed E-state index contributed by atoms with van der Waals surface area (Å²) in [7, 11) is 3.57. The Kier molecular flexibility index (Phi) is 2.68. The average molecular weight is 143 g/mol. The zero-order valence-electron chi connectivity index (χ0n) is 5.91. The van der Waals surface area contributed by atoms with Crippen LogP contribution in [-0.2, 0) is 0 Å². The first-order valence-corrected chi connectivity index (χ1v) is 4.06. The van der Waals surface area contributed by atoms with Crippen LogP contribution >= 0.6 is 8.86 Å². The fraction of sp³-hybridized carbons (Fsp3) is 0.857. The van der Waals surface area contributed by atoms with Crippen LogP contribution < -0.4 is 5.32 Å². The minimum atomic E-state index is 0.822. The van der Waals surface area contributed by atoms with Crippen molar-refractivity contribution >= 4 is 14.2 Å². The Morgan fingerprint density at radius 3 is 2.33 bits per heavy atom. The molecule has 2 heteroatoms. The van der Waals surface area contributed by atoms with Crippen LogP contribution in [0.5, 0.6) is 0 Å². The topological polar surface area (TPSA) is 12.0 Å². The summed E-state index contributed by atoms with van der Waals surface area (Å²) in [4.78, 5) is 0. The maximum absolute atomic E-state index is 3.57. The molecule has 1 nitrogen and oxygen atoms in total. The highest BCUT2D eigenvalue weighted by Gasteiger charge is 2.12. The van der Waals surface area contributed by atoms with Gasteiger partial charge in [-0.05, 0) is 38.8 Å². The second-order valence-corrected chi connectivity index (χ2v) is 3.50. The van der Waals surface area contributed by atoms with Crippen LogP contribution in [0.2, 0.25) is 0 Å². The van der Waals surface area contributed by atoms with Crippen molar-refractivity contribution in [2.24, 2.45) is 5.92 Å². The van der Waals surface area contributed by atoms with Gasteiger partial charge in [0.15, 0.2) is 0 Å². The van der Waals surface area contributed by atoms with Crippen molar-refractivity contribution in [3.05, 3.63) is 0 Å². The van der Waals surface area contributed by atoms with E-state index in [1.807, 2.05) is 0 Å². The molecule has 0 saturated carbocycles. The minimum Gasteiger partial charge on any atom is -0.317 e. The molecule has 0 unspecified atom stereocenters. The third-order valence-corrected chi connectivity index (χ3v) is 2.36. The highest BCUT2D eigenvalue weighted by molar-refractivity contribution is 7.21. The lowest BCUT2D eigenvalue weighted by atomic mass is 9.95. The number of nitrogens with one attached hydrogen (secondary N) is 1. The molecular formula is C7H14NP. The van der Waals surface area contributed by atoms with E-state index in [-0.39, 0.29) is 0 Å². The van der Waals surface area contributed by atoms with E-state index in [0.29, 0.717) is 0 Å². The summed E-state index contributed by atoms with van der Waals surface area (Å²) in [6, 6.07) is 0. The SMILES string of the molecule is CC(=P)C1CCNCC1. The van der Waals surface area contributed by atoms with Crippen LogP contribution in [0.15, 0.2) is 0 Å². The molecule has 0 aromatic rings. The summed E-state index contributed by atoms with van der Waals surface area (Å²) in [5.74, 6) is 0.822. The summed E-state index contributed by atoms with van der Waals surface area (Å²) >= 11 is 0. The van der Waals surface area contributed by atoms with Gasteiger partial charge < -0.3 is 5.32 Å². The third-order valence-electron chi connectivity index (χ3n) is 1.95. The molecule has 9 heavy (non-hydrogen) atoms. The molecular weight excluding hydrogens is 129 g/mol. The molecule has 1 heterocycles. The van der Waals surface area contributed by atoms with Gasteiger partial charge in [-0.25, -0.2) is 0 Å². The first-order valence-electron chi connectivity index (χ1n) is 3.56. The fourth-order valence-corrected chi connectivity index (χ4v) is 1.54. The summed E-state index contributed by atoms with van der Waals surface area (Å²) < 4.78 is 0. The largest absolute Gasteiger partial charge is 0.317 e. The lowest BCUT2D eigenvalue weighted by molar-refractivity contribution is 0.459. The van der Waals surface area contributed by atoms with Gasteiger partial charge in [0.05, 0.1) is 0 Å². The van der Waals surface area contributed by atoms with Gasteiger partial charge in [-0.3, -0.25) is 0 Å². The van der Waals surface area contributed by atoms with E-state index in [1.54, 1.807) is 0 Å². The number of rotatable bonds is 1. The van der Waals surface area contributed by atoms with E-state index in [0.717, 1.165) is 5.92 Å². The van der Waals surface area contributed by atoms with Gasteiger partial charge >= 0.3 is 0 Å². The Bertz CT molecular complexity index is 105. The van der Waals surface area contributed by atoms with Crippen molar-refractivity contribution in [1.29, 1.82) is 0 Å². The van der Waals surface area contributed by atoms with Crippen molar-refractivity contribution in [3.63, 3.8) is 0 Å². The van der Waals surface area contributed by atoms with Gasteiger partial charge in [0.2, 0.25) is 0 Å². The fourth-order valence-electron chi connectivity index (χ4n) is 1.25. The molecule has 1 fully saturated rings. The molecule has 0 atom stereocenters. The molecule has 0 bridgehead atoms. The van der Waals surface area contributed by atoms with Crippen molar-refractivity contribution in [1.82, 2.24) is 5.32 Å². The summed E-state index contributed by atoms with van der Waals surface area (Å²) in [5, 5.41) is 4.75. The predicted molar refractivity (Wildman–Crippen MR) is 44.6 cm³/mol. The zero-order chi connectivity index (χ0) is 6.69. The highest BCUT2D eigenvalue weighted by atomic mass is 31.0. The van der Waals surface area contributed by atoms with E-state index in [1.165, 1.54) is 31.2 Å². The number of hydrogen-bond donors (Lipinski definition) is 1. The van der Waals surface area contributed by atoms with Gasteiger partial charge in [0, 0.05) is 0 Å². The molecule has 0 aliphatic carbocycles.